The van der Waals surface area contributed by atoms with Gasteiger partial charge in [0.1, 0.15) is 0 Å². The van der Waals surface area contributed by atoms with Crippen molar-refractivity contribution >= 4 is 12.8 Å². The molecule has 1 N–H and O–H groups in total. The van der Waals surface area contributed by atoms with Crippen LogP contribution in [0.5, 0.6) is 0 Å². The van der Waals surface area contributed by atoms with Gasteiger partial charge < -0.3 is 5.32 Å². The van der Waals surface area contributed by atoms with Gasteiger partial charge in [0.25, 0.3) is 0 Å². The van der Waals surface area contributed by atoms with E-state index in [9.17, 15) is 0 Å². The Hall–Kier alpha value is -1.24. The molecule has 58 valence electrons. The molecule has 1 aromatic carbocycles. The van der Waals surface area contributed by atoms with Crippen molar-refractivity contribution in [1.82, 2.24) is 5.32 Å². The number of benzene rings is 1. The van der Waals surface area contributed by atoms with Crippen molar-refractivity contribution in [2.75, 3.05) is 6.54 Å². The third-order valence-corrected chi connectivity index (χ3v) is 1.52. The number of nitrogens with one attached hydrogen (secondary N) is 1. The van der Waals surface area contributed by atoms with Crippen LogP contribution in [0.2, 0.25) is 0 Å². The van der Waals surface area contributed by atoms with Crippen LogP contribution in [0.4, 0.5) is 0 Å². The molecule has 0 bridgehead atoms. The van der Waals surface area contributed by atoms with Crippen molar-refractivity contribution in [3.05, 3.63) is 34.7 Å². The molecule has 0 fully saturated rings. The lowest BCUT2D eigenvalue weighted by Crippen LogP contribution is -2.25. The third-order valence-electron chi connectivity index (χ3n) is 1.52. The second-order valence-corrected chi connectivity index (χ2v) is 2.40. The molecule has 0 radical (unpaired) electrons. The van der Waals surface area contributed by atoms with Gasteiger partial charge in [-0.3, -0.25) is 0 Å². The molecule has 0 spiro atoms. The lowest BCUT2D eigenvalue weighted by Gasteiger charge is -1.91. The molecule has 1 nitrogen and oxygen atoms in total. The fourth-order valence-corrected chi connectivity index (χ4v) is 0.887. The first-order valence-corrected chi connectivity index (χ1v) is 3.82. The van der Waals surface area contributed by atoms with Crippen molar-refractivity contribution in [3.63, 3.8) is 0 Å². The average Bonchev–Trinajstić information content (AvgIpc) is 2.03. The highest BCUT2D eigenvalue weighted by molar-refractivity contribution is 5.24. The van der Waals surface area contributed by atoms with Crippen molar-refractivity contribution in [2.24, 2.45) is 0 Å². The van der Waals surface area contributed by atoms with Gasteiger partial charge in [0, 0.05) is 12.7 Å². The van der Waals surface area contributed by atoms with Gasteiger partial charge in [-0.2, -0.15) is 0 Å². The SMILES string of the molecule is C=c1cccc/c1=C/NCC. The molecule has 0 unspecified atom stereocenters. The van der Waals surface area contributed by atoms with Gasteiger partial charge in [0.2, 0.25) is 0 Å². The molecular weight excluding hydrogens is 134 g/mol. The predicted molar refractivity (Wildman–Crippen MR) is 49.4 cm³/mol. The molecule has 0 heterocycles. The first-order valence-electron chi connectivity index (χ1n) is 3.82. The first kappa shape index (κ1) is 7.86. The standard InChI is InChI=1S/C10H13N/c1-3-11-8-10-7-5-4-6-9(10)2/h4-8,11H,2-3H2,1H3/b10-8-. The van der Waals surface area contributed by atoms with Crippen molar-refractivity contribution in [2.45, 2.75) is 6.92 Å². The third kappa shape index (κ3) is 2.11. The summed E-state index contributed by atoms with van der Waals surface area (Å²) >= 11 is 0. The van der Waals surface area contributed by atoms with Crippen LogP contribution in [-0.4, -0.2) is 6.54 Å². The van der Waals surface area contributed by atoms with E-state index in [4.69, 9.17) is 0 Å². The quantitative estimate of drug-likeness (QED) is 0.640. The van der Waals surface area contributed by atoms with Crippen molar-refractivity contribution < 1.29 is 0 Å². The molecular formula is C10H13N. The summed E-state index contributed by atoms with van der Waals surface area (Å²) in [5.41, 5.74) is 0. The smallest absolute Gasteiger partial charge is 0.0113 e. The van der Waals surface area contributed by atoms with Crippen LogP contribution >= 0.6 is 0 Å². The average molecular weight is 147 g/mol. The Bertz CT molecular complexity index is 314. The fourth-order valence-electron chi connectivity index (χ4n) is 0.887. The molecule has 1 rings (SSSR count). The largest absolute Gasteiger partial charge is 0.391 e. The lowest BCUT2D eigenvalue weighted by molar-refractivity contribution is 0.963. The number of hydrogen-bond acceptors (Lipinski definition) is 1. The van der Waals surface area contributed by atoms with Crippen LogP contribution in [0.3, 0.4) is 0 Å². The predicted octanol–water partition coefficient (Wildman–Crippen LogP) is 0.444. The van der Waals surface area contributed by atoms with E-state index in [1.165, 1.54) is 0 Å². The minimum Gasteiger partial charge on any atom is -0.391 e. The van der Waals surface area contributed by atoms with Gasteiger partial charge in [-0.1, -0.05) is 30.8 Å². The molecule has 0 saturated heterocycles. The Morgan fingerprint density at radius 3 is 2.82 bits per heavy atom. The van der Waals surface area contributed by atoms with E-state index in [-0.39, 0.29) is 0 Å². The molecule has 1 aromatic rings. The molecule has 0 saturated carbocycles. The van der Waals surface area contributed by atoms with Crippen LogP contribution in [-0.2, 0) is 0 Å². The molecule has 11 heavy (non-hydrogen) atoms. The fraction of sp³-hybridized carbons (Fsp3) is 0.200. The molecule has 0 aliphatic carbocycles. The monoisotopic (exact) mass is 147 g/mol. The Kier molecular flexibility index (Phi) is 2.73. The number of hydrogen-bond donors (Lipinski definition) is 1. The zero-order chi connectivity index (χ0) is 8.10. The highest BCUT2D eigenvalue weighted by Gasteiger charge is 1.77. The van der Waals surface area contributed by atoms with Crippen molar-refractivity contribution in [1.29, 1.82) is 0 Å². The second kappa shape index (κ2) is 3.81. The second-order valence-electron chi connectivity index (χ2n) is 2.40. The Labute approximate surface area is 67.1 Å². The van der Waals surface area contributed by atoms with Gasteiger partial charge in [-0.15, -0.1) is 0 Å². The Balaban J connectivity index is 3.03. The van der Waals surface area contributed by atoms with Crippen LogP contribution in [0.25, 0.3) is 12.8 Å². The molecule has 0 aromatic heterocycles. The zero-order valence-electron chi connectivity index (χ0n) is 6.80. The van der Waals surface area contributed by atoms with Gasteiger partial charge >= 0.3 is 0 Å². The van der Waals surface area contributed by atoms with Crippen LogP contribution in [0.1, 0.15) is 6.92 Å². The van der Waals surface area contributed by atoms with E-state index in [0.29, 0.717) is 0 Å². The van der Waals surface area contributed by atoms with Gasteiger partial charge in [0.15, 0.2) is 0 Å². The first-order chi connectivity index (χ1) is 5.34. The molecule has 1 heteroatoms. The van der Waals surface area contributed by atoms with Gasteiger partial charge in [0.05, 0.1) is 0 Å². The van der Waals surface area contributed by atoms with E-state index in [2.05, 4.69) is 18.8 Å². The molecule has 0 aliphatic heterocycles. The Morgan fingerprint density at radius 2 is 2.18 bits per heavy atom. The zero-order valence-corrected chi connectivity index (χ0v) is 6.80. The van der Waals surface area contributed by atoms with Crippen LogP contribution in [0.15, 0.2) is 24.3 Å². The minimum absolute atomic E-state index is 0.953. The van der Waals surface area contributed by atoms with Crippen molar-refractivity contribution in [3.8, 4) is 0 Å². The lowest BCUT2D eigenvalue weighted by atomic mass is 10.2. The van der Waals surface area contributed by atoms with Gasteiger partial charge in [-0.05, 0) is 17.4 Å². The van der Waals surface area contributed by atoms with Crippen LogP contribution < -0.4 is 15.8 Å². The summed E-state index contributed by atoms with van der Waals surface area (Å²) in [7, 11) is 0. The maximum absolute atomic E-state index is 3.90. The summed E-state index contributed by atoms with van der Waals surface area (Å²) in [6, 6.07) is 8.05. The normalized spacial score (nSPS) is 11.5. The summed E-state index contributed by atoms with van der Waals surface area (Å²) in [6.07, 6.45) is 1.99. The molecule has 0 amide bonds. The van der Waals surface area contributed by atoms with E-state index in [1.807, 2.05) is 30.5 Å². The molecule has 0 atom stereocenters. The van der Waals surface area contributed by atoms with Gasteiger partial charge in [-0.25, -0.2) is 0 Å². The van der Waals surface area contributed by atoms with E-state index < -0.39 is 0 Å². The Morgan fingerprint density at radius 1 is 1.45 bits per heavy atom. The topological polar surface area (TPSA) is 12.0 Å². The summed E-state index contributed by atoms with van der Waals surface area (Å²) in [5, 5.41) is 5.37. The maximum atomic E-state index is 3.90. The van der Waals surface area contributed by atoms with E-state index in [1.54, 1.807) is 0 Å². The summed E-state index contributed by atoms with van der Waals surface area (Å²) < 4.78 is 0. The summed E-state index contributed by atoms with van der Waals surface area (Å²) in [5.74, 6) is 0. The molecule has 0 aliphatic rings. The summed E-state index contributed by atoms with van der Waals surface area (Å²) in [4.78, 5) is 0. The maximum Gasteiger partial charge on any atom is 0.0113 e. The van der Waals surface area contributed by atoms with Crippen LogP contribution in [0, 0.1) is 0 Å². The minimum atomic E-state index is 0.953. The summed E-state index contributed by atoms with van der Waals surface area (Å²) in [6.45, 7) is 6.93. The number of rotatable bonds is 2. The highest BCUT2D eigenvalue weighted by atomic mass is 14.8. The van der Waals surface area contributed by atoms with E-state index in [0.717, 1.165) is 17.0 Å². The highest BCUT2D eigenvalue weighted by Crippen LogP contribution is 1.68. The van der Waals surface area contributed by atoms with E-state index >= 15 is 0 Å².